The maximum atomic E-state index is 11.9. The standard InChI is InChI=1S/C20H21N3O5S/c1-26-14-8-10-15(11-9-14)27-12-4-7-18(24)22-23-19(25)13-29-20-21-16-5-2-3-6-17(16)28-20/h2-3,5-6,8-11H,4,7,12-13H2,1H3,(H,22,24)(H,23,25). The lowest BCUT2D eigenvalue weighted by Gasteiger charge is -2.08. The predicted octanol–water partition coefficient (Wildman–Crippen LogP) is 2.94. The molecule has 9 heteroatoms. The summed E-state index contributed by atoms with van der Waals surface area (Å²) in [5, 5.41) is 0.406. The van der Waals surface area contributed by atoms with E-state index in [0.29, 0.717) is 29.6 Å². The van der Waals surface area contributed by atoms with Crippen molar-refractivity contribution < 1.29 is 23.5 Å². The molecule has 0 unspecified atom stereocenters. The molecule has 3 aromatic rings. The van der Waals surface area contributed by atoms with E-state index in [1.165, 1.54) is 0 Å². The second-order valence-corrected chi connectivity index (χ2v) is 6.89. The van der Waals surface area contributed by atoms with E-state index in [2.05, 4.69) is 15.8 Å². The zero-order valence-electron chi connectivity index (χ0n) is 15.8. The number of amides is 2. The van der Waals surface area contributed by atoms with Crippen molar-refractivity contribution in [3.63, 3.8) is 0 Å². The second-order valence-electron chi connectivity index (χ2n) is 5.96. The number of thioether (sulfide) groups is 1. The van der Waals surface area contributed by atoms with Gasteiger partial charge < -0.3 is 13.9 Å². The van der Waals surface area contributed by atoms with Crippen LogP contribution < -0.4 is 20.3 Å². The van der Waals surface area contributed by atoms with Gasteiger partial charge in [-0.25, -0.2) is 4.98 Å². The molecular weight excluding hydrogens is 394 g/mol. The first-order chi connectivity index (χ1) is 14.1. The molecule has 8 nitrogen and oxygen atoms in total. The van der Waals surface area contributed by atoms with Crippen LogP contribution in [-0.4, -0.2) is 36.3 Å². The Kier molecular flexibility index (Phi) is 7.34. The van der Waals surface area contributed by atoms with E-state index in [1.54, 1.807) is 31.4 Å². The number of methoxy groups -OCH3 is 1. The van der Waals surface area contributed by atoms with E-state index in [9.17, 15) is 9.59 Å². The monoisotopic (exact) mass is 415 g/mol. The highest BCUT2D eigenvalue weighted by Crippen LogP contribution is 2.22. The fraction of sp³-hybridized carbons (Fsp3) is 0.250. The van der Waals surface area contributed by atoms with Gasteiger partial charge in [0, 0.05) is 6.42 Å². The zero-order chi connectivity index (χ0) is 20.5. The van der Waals surface area contributed by atoms with Crippen molar-refractivity contribution in [3.8, 4) is 11.5 Å². The van der Waals surface area contributed by atoms with E-state index in [1.807, 2.05) is 24.3 Å². The van der Waals surface area contributed by atoms with Crippen LogP contribution in [0.5, 0.6) is 11.5 Å². The third-order valence-electron chi connectivity index (χ3n) is 3.82. The molecule has 2 aromatic carbocycles. The highest BCUT2D eigenvalue weighted by Gasteiger charge is 2.10. The Morgan fingerprint density at radius 1 is 1.03 bits per heavy atom. The van der Waals surface area contributed by atoms with Crippen LogP contribution in [0.2, 0.25) is 0 Å². The number of carbonyl (C=O) groups is 2. The Labute approximate surface area is 171 Å². The van der Waals surface area contributed by atoms with E-state index in [0.717, 1.165) is 23.0 Å². The van der Waals surface area contributed by atoms with Crippen molar-refractivity contribution in [2.24, 2.45) is 0 Å². The first-order valence-electron chi connectivity index (χ1n) is 8.97. The first-order valence-corrected chi connectivity index (χ1v) is 9.95. The van der Waals surface area contributed by atoms with Crippen molar-refractivity contribution in [1.82, 2.24) is 15.8 Å². The van der Waals surface area contributed by atoms with Gasteiger partial charge in [0.2, 0.25) is 11.8 Å². The van der Waals surface area contributed by atoms with Crippen molar-refractivity contribution >= 4 is 34.7 Å². The van der Waals surface area contributed by atoms with Crippen LogP contribution >= 0.6 is 11.8 Å². The van der Waals surface area contributed by atoms with Crippen LogP contribution in [0, 0.1) is 0 Å². The van der Waals surface area contributed by atoms with Crippen molar-refractivity contribution in [1.29, 1.82) is 0 Å². The van der Waals surface area contributed by atoms with E-state index in [4.69, 9.17) is 13.9 Å². The number of aromatic nitrogens is 1. The summed E-state index contributed by atoms with van der Waals surface area (Å²) >= 11 is 1.16. The maximum Gasteiger partial charge on any atom is 0.257 e. The summed E-state index contributed by atoms with van der Waals surface area (Å²) in [7, 11) is 1.60. The number of hydrogen-bond acceptors (Lipinski definition) is 7. The van der Waals surface area contributed by atoms with Crippen LogP contribution in [0.3, 0.4) is 0 Å². The third-order valence-corrected chi connectivity index (χ3v) is 4.65. The summed E-state index contributed by atoms with van der Waals surface area (Å²) in [6.45, 7) is 0.390. The highest BCUT2D eigenvalue weighted by molar-refractivity contribution is 7.99. The summed E-state index contributed by atoms with van der Waals surface area (Å²) in [5.74, 6) is 0.898. The summed E-state index contributed by atoms with van der Waals surface area (Å²) in [4.78, 5) is 27.9. The number of benzene rings is 2. The molecule has 152 valence electrons. The lowest BCUT2D eigenvalue weighted by molar-refractivity contribution is -0.127. The van der Waals surface area contributed by atoms with Gasteiger partial charge in [0.05, 0.1) is 19.5 Å². The lowest BCUT2D eigenvalue weighted by atomic mass is 10.3. The largest absolute Gasteiger partial charge is 0.497 e. The molecule has 2 N–H and O–H groups in total. The zero-order valence-corrected chi connectivity index (χ0v) is 16.7. The molecule has 29 heavy (non-hydrogen) atoms. The number of nitrogens with zero attached hydrogens (tertiary/aromatic N) is 1. The molecule has 1 heterocycles. The topological polar surface area (TPSA) is 103 Å². The van der Waals surface area contributed by atoms with Gasteiger partial charge in [-0.1, -0.05) is 23.9 Å². The molecule has 0 bridgehead atoms. The molecule has 0 saturated carbocycles. The van der Waals surface area contributed by atoms with Gasteiger partial charge >= 0.3 is 0 Å². The van der Waals surface area contributed by atoms with Gasteiger partial charge in [0.1, 0.15) is 17.0 Å². The van der Waals surface area contributed by atoms with Crippen LogP contribution in [0.15, 0.2) is 58.2 Å². The van der Waals surface area contributed by atoms with Crippen LogP contribution in [0.4, 0.5) is 0 Å². The normalized spacial score (nSPS) is 10.5. The average molecular weight is 415 g/mol. The Morgan fingerprint density at radius 2 is 1.76 bits per heavy atom. The molecule has 0 atom stereocenters. The molecule has 0 aliphatic heterocycles. The second kappa shape index (κ2) is 10.4. The number of ether oxygens (including phenoxy) is 2. The molecule has 3 rings (SSSR count). The van der Waals surface area contributed by atoms with Crippen LogP contribution in [0.25, 0.3) is 11.1 Å². The number of rotatable bonds is 9. The number of hydrogen-bond donors (Lipinski definition) is 2. The molecule has 0 spiro atoms. The summed E-state index contributed by atoms with van der Waals surface area (Å²) in [5.41, 5.74) is 6.16. The van der Waals surface area contributed by atoms with Gasteiger partial charge in [-0.15, -0.1) is 0 Å². The van der Waals surface area contributed by atoms with E-state index < -0.39 is 0 Å². The average Bonchev–Trinajstić information content (AvgIpc) is 3.17. The van der Waals surface area contributed by atoms with E-state index in [-0.39, 0.29) is 24.0 Å². The Balaban J connectivity index is 1.28. The summed E-state index contributed by atoms with van der Waals surface area (Å²) in [6.07, 6.45) is 0.750. The quantitative estimate of drug-likeness (QED) is 0.315. The van der Waals surface area contributed by atoms with Gasteiger partial charge in [0.25, 0.3) is 5.22 Å². The smallest absolute Gasteiger partial charge is 0.257 e. The molecular formula is C20H21N3O5S. The van der Waals surface area contributed by atoms with E-state index >= 15 is 0 Å². The van der Waals surface area contributed by atoms with Crippen molar-refractivity contribution in [2.45, 2.75) is 18.1 Å². The predicted molar refractivity (Wildman–Crippen MR) is 109 cm³/mol. The fourth-order valence-electron chi connectivity index (χ4n) is 2.37. The Morgan fingerprint density at radius 3 is 2.52 bits per heavy atom. The van der Waals surface area contributed by atoms with Gasteiger partial charge in [0.15, 0.2) is 5.58 Å². The van der Waals surface area contributed by atoms with Crippen molar-refractivity contribution in [2.75, 3.05) is 19.5 Å². The Hall–Kier alpha value is -3.20. The molecule has 0 fully saturated rings. The van der Waals surface area contributed by atoms with Gasteiger partial charge in [-0.3, -0.25) is 20.4 Å². The fourth-order valence-corrected chi connectivity index (χ4v) is 3.01. The lowest BCUT2D eigenvalue weighted by Crippen LogP contribution is -2.42. The number of oxazole rings is 1. The minimum Gasteiger partial charge on any atom is -0.497 e. The molecule has 0 saturated heterocycles. The van der Waals surface area contributed by atoms with Crippen molar-refractivity contribution in [3.05, 3.63) is 48.5 Å². The minimum atomic E-state index is -0.347. The number of fused-ring (bicyclic) bond motifs is 1. The molecule has 0 radical (unpaired) electrons. The number of para-hydroxylation sites is 2. The van der Waals surface area contributed by atoms with Gasteiger partial charge in [-0.05, 0) is 42.8 Å². The highest BCUT2D eigenvalue weighted by atomic mass is 32.2. The summed E-state index contributed by atoms with van der Waals surface area (Å²) < 4.78 is 16.1. The molecule has 0 aliphatic carbocycles. The number of hydrazine groups is 1. The van der Waals surface area contributed by atoms with Crippen LogP contribution in [0.1, 0.15) is 12.8 Å². The van der Waals surface area contributed by atoms with Crippen LogP contribution in [-0.2, 0) is 9.59 Å². The SMILES string of the molecule is COc1ccc(OCCCC(=O)NNC(=O)CSc2nc3ccccc3o2)cc1. The maximum absolute atomic E-state index is 11.9. The number of carbonyl (C=O) groups excluding carboxylic acids is 2. The molecule has 0 aliphatic rings. The summed E-state index contributed by atoms with van der Waals surface area (Å²) in [6, 6.07) is 14.6. The first kappa shape index (κ1) is 20.5. The van der Waals surface area contributed by atoms with Gasteiger partial charge in [-0.2, -0.15) is 0 Å². The molecule has 2 amide bonds. The third kappa shape index (κ3) is 6.42. The minimum absolute atomic E-state index is 0.0771. The molecule has 1 aromatic heterocycles. The Bertz CT molecular complexity index is 925. The number of nitrogens with one attached hydrogen (secondary N) is 2.